The lowest BCUT2D eigenvalue weighted by Crippen LogP contribution is -2.48. The van der Waals surface area contributed by atoms with E-state index in [1.807, 2.05) is 0 Å². The Morgan fingerprint density at radius 2 is 1.80 bits per heavy atom. The molecular formula is C9H7F3NO2-. The fraction of sp³-hybridized carbons (Fsp3) is 0.222. The number of carboxylic acid groups (broad SMARTS) is 1. The Kier molecular flexibility index (Phi) is 3.18. The van der Waals surface area contributed by atoms with Crippen LogP contribution < -0.4 is 5.11 Å². The zero-order valence-electron chi connectivity index (χ0n) is 7.49. The number of hydrogen-bond acceptors (Lipinski definition) is 2. The van der Waals surface area contributed by atoms with Gasteiger partial charge in [0.2, 0.25) is 0 Å². The highest BCUT2D eigenvalue weighted by Gasteiger charge is 2.37. The summed E-state index contributed by atoms with van der Waals surface area (Å²) in [6.45, 7) is -0.757. The lowest BCUT2D eigenvalue weighted by Gasteiger charge is -2.27. The summed E-state index contributed by atoms with van der Waals surface area (Å²) in [5, 5.41) is 10.2. The minimum absolute atomic E-state index is 0.249. The highest BCUT2D eigenvalue weighted by molar-refractivity contribution is 5.62. The third kappa shape index (κ3) is 3.16. The molecule has 0 atom stereocenters. The first-order chi connectivity index (χ1) is 6.91. The second-order valence-corrected chi connectivity index (χ2v) is 2.81. The van der Waals surface area contributed by atoms with Crippen molar-refractivity contribution in [1.29, 1.82) is 0 Å². The standard InChI is InChI=1S/C9H8F3NO2/c10-9(11,12)13(8(14)15)6-7-4-2-1-3-5-7/h1-5H,6H2,(H,14,15)/p-1. The molecule has 3 nitrogen and oxygen atoms in total. The van der Waals surface area contributed by atoms with Crippen LogP contribution >= 0.6 is 0 Å². The van der Waals surface area contributed by atoms with Gasteiger partial charge in [-0.05, 0) is 5.56 Å². The maximum absolute atomic E-state index is 12.2. The summed E-state index contributed by atoms with van der Waals surface area (Å²) in [4.78, 5) is 9.57. The molecule has 0 unspecified atom stereocenters. The number of carbonyl (C=O) groups excluding carboxylic acids is 1. The van der Waals surface area contributed by atoms with Gasteiger partial charge in [-0.25, -0.2) is 0 Å². The molecule has 0 aromatic heterocycles. The molecule has 1 aromatic rings. The van der Waals surface area contributed by atoms with Gasteiger partial charge in [-0.1, -0.05) is 30.3 Å². The van der Waals surface area contributed by atoms with E-state index in [9.17, 15) is 23.1 Å². The lowest BCUT2D eigenvalue weighted by atomic mass is 10.2. The topological polar surface area (TPSA) is 43.4 Å². The van der Waals surface area contributed by atoms with Gasteiger partial charge in [0.1, 0.15) is 6.09 Å². The molecule has 1 aromatic carbocycles. The molecule has 0 N–H and O–H groups in total. The summed E-state index contributed by atoms with van der Waals surface area (Å²) in [7, 11) is 0. The molecule has 0 saturated carbocycles. The molecule has 0 radical (unpaired) electrons. The number of hydrogen-bond donors (Lipinski definition) is 0. The minimum Gasteiger partial charge on any atom is -0.530 e. The second kappa shape index (κ2) is 4.20. The van der Waals surface area contributed by atoms with E-state index in [1.54, 1.807) is 6.07 Å². The van der Waals surface area contributed by atoms with Crippen molar-refractivity contribution in [2.45, 2.75) is 12.8 Å². The lowest BCUT2D eigenvalue weighted by molar-refractivity contribution is -0.314. The van der Waals surface area contributed by atoms with E-state index in [-0.39, 0.29) is 5.56 Å². The maximum atomic E-state index is 12.2. The van der Waals surface area contributed by atoms with E-state index in [4.69, 9.17) is 0 Å². The van der Waals surface area contributed by atoms with Crippen molar-refractivity contribution in [2.24, 2.45) is 0 Å². The molecule has 0 heterocycles. The SMILES string of the molecule is O=C([O-])N(Cc1ccccc1)C(F)(F)F. The third-order valence-electron chi connectivity index (χ3n) is 1.71. The number of nitrogens with zero attached hydrogens (tertiary/aromatic N) is 1. The molecule has 0 aliphatic carbocycles. The quantitative estimate of drug-likeness (QED) is 0.703. The number of carbonyl (C=O) groups is 1. The predicted molar refractivity (Wildman–Crippen MR) is 43.4 cm³/mol. The second-order valence-electron chi connectivity index (χ2n) is 2.81. The van der Waals surface area contributed by atoms with Crippen LogP contribution in [0.25, 0.3) is 0 Å². The first kappa shape index (κ1) is 11.4. The van der Waals surface area contributed by atoms with E-state index >= 15 is 0 Å². The monoisotopic (exact) mass is 218 g/mol. The van der Waals surface area contributed by atoms with Gasteiger partial charge >= 0.3 is 6.30 Å². The van der Waals surface area contributed by atoms with Crippen molar-refractivity contribution in [3.8, 4) is 0 Å². The van der Waals surface area contributed by atoms with Gasteiger partial charge in [-0.3, -0.25) is 4.90 Å². The summed E-state index contributed by atoms with van der Waals surface area (Å²) in [6, 6.07) is 7.49. The largest absolute Gasteiger partial charge is 0.530 e. The van der Waals surface area contributed by atoms with Crippen LogP contribution in [-0.4, -0.2) is 17.3 Å². The Hall–Kier alpha value is -1.72. The number of halogens is 3. The Morgan fingerprint density at radius 1 is 1.27 bits per heavy atom. The molecule has 82 valence electrons. The third-order valence-corrected chi connectivity index (χ3v) is 1.71. The van der Waals surface area contributed by atoms with Crippen molar-refractivity contribution in [3.63, 3.8) is 0 Å². The molecule has 0 fully saturated rings. The molecule has 0 aliphatic heterocycles. The Balaban J connectivity index is 2.82. The average molecular weight is 218 g/mol. The summed E-state index contributed by atoms with van der Waals surface area (Å²) >= 11 is 0. The molecular weight excluding hydrogens is 211 g/mol. The van der Waals surface area contributed by atoms with Crippen molar-refractivity contribution in [2.75, 3.05) is 0 Å². The number of rotatable bonds is 2. The summed E-state index contributed by atoms with van der Waals surface area (Å²) in [5.74, 6) is 0. The van der Waals surface area contributed by atoms with Gasteiger partial charge in [-0.15, -0.1) is 0 Å². The number of benzene rings is 1. The van der Waals surface area contributed by atoms with Crippen molar-refractivity contribution < 1.29 is 23.1 Å². The van der Waals surface area contributed by atoms with Crippen LogP contribution in [0.5, 0.6) is 0 Å². The zero-order valence-corrected chi connectivity index (χ0v) is 7.49. The van der Waals surface area contributed by atoms with Crippen LogP contribution in [0.2, 0.25) is 0 Å². The molecule has 0 saturated heterocycles. The van der Waals surface area contributed by atoms with Gasteiger partial charge in [0.05, 0.1) is 6.54 Å². The van der Waals surface area contributed by atoms with Crippen LogP contribution in [0.15, 0.2) is 30.3 Å². The van der Waals surface area contributed by atoms with Crippen molar-refractivity contribution in [3.05, 3.63) is 35.9 Å². The number of amides is 1. The Labute approximate surface area is 83.7 Å². The molecule has 15 heavy (non-hydrogen) atoms. The van der Waals surface area contributed by atoms with E-state index < -0.39 is 23.8 Å². The summed E-state index contributed by atoms with van der Waals surface area (Å²) in [5.41, 5.74) is 0.249. The molecule has 0 spiro atoms. The van der Waals surface area contributed by atoms with Crippen molar-refractivity contribution in [1.82, 2.24) is 4.90 Å². The van der Waals surface area contributed by atoms with Crippen LogP contribution in [0.4, 0.5) is 18.0 Å². The van der Waals surface area contributed by atoms with Gasteiger partial charge in [0, 0.05) is 0 Å². The molecule has 1 rings (SSSR count). The normalized spacial score (nSPS) is 11.1. The molecule has 6 heteroatoms. The maximum Gasteiger partial charge on any atom is 0.486 e. The minimum atomic E-state index is -4.94. The first-order valence-electron chi connectivity index (χ1n) is 4.00. The van der Waals surface area contributed by atoms with Gasteiger partial charge < -0.3 is 9.90 Å². The summed E-state index contributed by atoms with van der Waals surface area (Å²) < 4.78 is 36.5. The molecule has 1 amide bonds. The highest BCUT2D eigenvalue weighted by atomic mass is 19.4. The van der Waals surface area contributed by atoms with Crippen LogP contribution in [0, 0.1) is 0 Å². The van der Waals surface area contributed by atoms with E-state index in [1.165, 1.54) is 24.3 Å². The molecule has 0 aliphatic rings. The van der Waals surface area contributed by atoms with Crippen LogP contribution in [-0.2, 0) is 6.54 Å². The van der Waals surface area contributed by atoms with Crippen molar-refractivity contribution >= 4 is 6.09 Å². The first-order valence-corrected chi connectivity index (χ1v) is 4.00. The fourth-order valence-electron chi connectivity index (χ4n) is 1.02. The smallest absolute Gasteiger partial charge is 0.486 e. The van der Waals surface area contributed by atoms with Gasteiger partial charge in [0.15, 0.2) is 0 Å². The van der Waals surface area contributed by atoms with Crippen LogP contribution in [0.1, 0.15) is 5.56 Å². The Bertz CT molecular complexity index is 337. The van der Waals surface area contributed by atoms with E-state index in [0.717, 1.165) is 0 Å². The Morgan fingerprint density at radius 3 is 2.20 bits per heavy atom. The predicted octanol–water partition coefficient (Wildman–Crippen LogP) is 1.35. The zero-order chi connectivity index (χ0) is 11.5. The fourth-order valence-corrected chi connectivity index (χ4v) is 1.02. The average Bonchev–Trinajstić information content (AvgIpc) is 2.13. The van der Waals surface area contributed by atoms with Gasteiger partial charge in [0.25, 0.3) is 0 Å². The van der Waals surface area contributed by atoms with E-state index in [2.05, 4.69) is 0 Å². The van der Waals surface area contributed by atoms with Gasteiger partial charge in [-0.2, -0.15) is 13.2 Å². The highest BCUT2D eigenvalue weighted by Crippen LogP contribution is 2.22. The van der Waals surface area contributed by atoms with E-state index in [0.29, 0.717) is 0 Å². The number of alkyl halides is 3. The van der Waals surface area contributed by atoms with Crippen LogP contribution in [0.3, 0.4) is 0 Å². The summed E-state index contributed by atoms with van der Waals surface area (Å²) in [6.07, 6.45) is -7.19. The molecule has 0 bridgehead atoms.